The zero-order chi connectivity index (χ0) is 27.8. The third kappa shape index (κ3) is 2.49. The Labute approximate surface area is 246 Å². The van der Waals surface area contributed by atoms with Crippen molar-refractivity contribution < 1.29 is 4.42 Å². The summed E-state index contributed by atoms with van der Waals surface area (Å²) in [5.41, 5.74) is 14.2. The van der Waals surface area contributed by atoms with Crippen LogP contribution in [0.4, 0.5) is 28.4 Å². The van der Waals surface area contributed by atoms with Crippen LogP contribution in [-0.4, -0.2) is 12.3 Å². The highest BCUT2D eigenvalue weighted by Gasteiger charge is 2.63. The molecule has 4 aliphatic rings. The molecule has 4 heteroatoms. The SMILES string of the molecule is CC12CCCCC1(C)N1c3ccccc3B3c4ccccc4N(c4ccccc4)c4c3c1c2c1oc2ccccc2c41. The Morgan fingerprint density at radius 3 is 2.19 bits per heavy atom. The van der Waals surface area contributed by atoms with E-state index in [0.717, 1.165) is 11.2 Å². The van der Waals surface area contributed by atoms with Gasteiger partial charge in [-0.25, -0.2) is 0 Å². The second-order valence-electron chi connectivity index (χ2n) is 13.2. The molecule has 10 rings (SSSR count). The van der Waals surface area contributed by atoms with Gasteiger partial charge in [-0.1, -0.05) is 92.6 Å². The van der Waals surface area contributed by atoms with E-state index in [1.54, 1.807) is 0 Å². The molecule has 0 bridgehead atoms. The molecular weight excluding hydrogens is 511 g/mol. The van der Waals surface area contributed by atoms with Crippen LogP contribution in [0.3, 0.4) is 0 Å². The molecule has 6 aromatic rings. The molecule has 1 aromatic heterocycles. The van der Waals surface area contributed by atoms with Crippen molar-refractivity contribution in [2.75, 3.05) is 9.80 Å². The summed E-state index contributed by atoms with van der Waals surface area (Å²) in [4.78, 5) is 5.31. The van der Waals surface area contributed by atoms with Crippen LogP contribution in [0.5, 0.6) is 0 Å². The predicted octanol–water partition coefficient (Wildman–Crippen LogP) is 7.94. The van der Waals surface area contributed by atoms with Gasteiger partial charge in [0.1, 0.15) is 11.2 Å². The van der Waals surface area contributed by atoms with Gasteiger partial charge in [-0.05, 0) is 66.5 Å². The summed E-state index contributed by atoms with van der Waals surface area (Å²) < 4.78 is 7.04. The molecule has 0 radical (unpaired) electrons. The van der Waals surface area contributed by atoms with Crippen molar-refractivity contribution in [3.05, 3.63) is 109 Å². The zero-order valence-corrected chi connectivity index (χ0v) is 24.0. The van der Waals surface area contributed by atoms with Crippen molar-refractivity contribution >= 4 is 73.5 Å². The number of para-hydroxylation sites is 4. The summed E-state index contributed by atoms with van der Waals surface area (Å²) in [5.74, 6) is 0. The molecule has 1 fully saturated rings. The Balaban J connectivity index is 1.49. The Hall–Kier alpha value is -4.44. The third-order valence-corrected chi connectivity index (χ3v) is 11.4. The summed E-state index contributed by atoms with van der Waals surface area (Å²) in [5, 5.41) is 2.47. The summed E-state index contributed by atoms with van der Waals surface area (Å²) in [6, 6.07) is 37.9. The lowest BCUT2D eigenvalue weighted by atomic mass is 9.33. The van der Waals surface area contributed by atoms with Crippen molar-refractivity contribution in [1.82, 2.24) is 0 Å². The van der Waals surface area contributed by atoms with E-state index in [2.05, 4.69) is 127 Å². The first kappa shape index (κ1) is 23.2. The lowest BCUT2D eigenvalue weighted by Crippen LogP contribution is -2.64. The highest BCUT2D eigenvalue weighted by molar-refractivity contribution is 7.00. The fraction of sp³-hybridized carbons (Fsp3) is 0.211. The molecule has 0 spiro atoms. The maximum atomic E-state index is 7.04. The summed E-state index contributed by atoms with van der Waals surface area (Å²) in [6.07, 6.45) is 4.85. The van der Waals surface area contributed by atoms with Crippen LogP contribution in [0, 0.1) is 0 Å². The highest BCUT2D eigenvalue weighted by atomic mass is 16.3. The van der Waals surface area contributed by atoms with Gasteiger partial charge in [-0.3, -0.25) is 0 Å². The van der Waals surface area contributed by atoms with Gasteiger partial charge in [-0.2, -0.15) is 0 Å². The number of benzene rings is 5. The van der Waals surface area contributed by atoms with Gasteiger partial charge >= 0.3 is 0 Å². The first-order chi connectivity index (χ1) is 20.6. The van der Waals surface area contributed by atoms with Crippen LogP contribution in [0.1, 0.15) is 45.1 Å². The van der Waals surface area contributed by atoms with Crippen molar-refractivity contribution in [3.63, 3.8) is 0 Å². The van der Waals surface area contributed by atoms with Crippen LogP contribution in [0.15, 0.2) is 108 Å². The monoisotopic (exact) mass is 542 g/mol. The van der Waals surface area contributed by atoms with E-state index in [-0.39, 0.29) is 17.7 Å². The standard InChI is InChI=1S/C38H31BN2O/c1-37-22-12-13-23-38(37,2)41-29-20-10-8-18-27(29)39-26-17-7-9-19-28(26)40(24-14-4-3-5-15-24)34-31-25-16-6-11-21-30(25)42-36(31)32(37)35(41)33(34)39/h3-11,14-21H,12-13,22-23H2,1-2H3. The second-order valence-corrected chi connectivity index (χ2v) is 13.2. The molecule has 5 aromatic carbocycles. The number of anilines is 5. The largest absolute Gasteiger partial charge is 0.456 e. The van der Waals surface area contributed by atoms with Crippen LogP contribution >= 0.6 is 0 Å². The van der Waals surface area contributed by atoms with Gasteiger partial charge in [0.05, 0.1) is 16.6 Å². The lowest BCUT2D eigenvalue weighted by Gasteiger charge is -2.52. The minimum Gasteiger partial charge on any atom is -0.456 e. The van der Waals surface area contributed by atoms with Crippen molar-refractivity contribution in [3.8, 4) is 0 Å². The molecule has 0 saturated heterocycles. The van der Waals surface area contributed by atoms with Crippen LogP contribution in [-0.2, 0) is 5.41 Å². The Morgan fingerprint density at radius 1 is 0.690 bits per heavy atom. The van der Waals surface area contributed by atoms with Crippen molar-refractivity contribution in [2.24, 2.45) is 0 Å². The molecule has 1 aliphatic carbocycles. The van der Waals surface area contributed by atoms with Gasteiger partial charge in [0, 0.05) is 39.1 Å². The normalized spacial score (nSPS) is 23.1. The molecule has 1 saturated carbocycles. The smallest absolute Gasteiger partial charge is 0.252 e. The third-order valence-electron chi connectivity index (χ3n) is 11.4. The molecule has 0 N–H and O–H groups in total. The van der Waals surface area contributed by atoms with Crippen LogP contribution < -0.4 is 26.2 Å². The fourth-order valence-electron chi connectivity index (χ4n) is 9.39. The molecule has 2 unspecified atom stereocenters. The number of furan rings is 1. The van der Waals surface area contributed by atoms with E-state index >= 15 is 0 Å². The van der Waals surface area contributed by atoms with E-state index in [1.807, 2.05) is 0 Å². The molecule has 0 amide bonds. The Kier molecular flexibility index (Phi) is 4.24. The lowest BCUT2D eigenvalue weighted by molar-refractivity contribution is 0.195. The predicted molar refractivity (Wildman–Crippen MR) is 176 cm³/mol. The summed E-state index contributed by atoms with van der Waals surface area (Å²) >= 11 is 0. The molecule has 2 atom stereocenters. The molecule has 42 heavy (non-hydrogen) atoms. The van der Waals surface area contributed by atoms with E-state index in [9.17, 15) is 0 Å². The summed E-state index contributed by atoms with van der Waals surface area (Å²) in [6.45, 7) is 5.23. The van der Waals surface area contributed by atoms with Crippen molar-refractivity contribution in [2.45, 2.75) is 50.5 Å². The van der Waals surface area contributed by atoms with E-state index < -0.39 is 0 Å². The fourth-order valence-corrected chi connectivity index (χ4v) is 9.39. The zero-order valence-electron chi connectivity index (χ0n) is 24.0. The number of fused-ring (bicyclic) bond motifs is 13. The van der Waals surface area contributed by atoms with Gasteiger partial charge in [0.15, 0.2) is 0 Å². The average molecular weight is 542 g/mol. The molecule has 202 valence electrons. The van der Waals surface area contributed by atoms with Crippen molar-refractivity contribution in [1.29, 1.82) is 0 Å². The first-order valence-corrected chi connectivity index (χ1v) is 15.5. The van der Waals surface area contributed by atoms with Crippen LogP contribution in [0.2, 0.25) is 0 Å². The number of hydrogen-bond donors (Lipinski definition) is 0. The van der Waals surface area contributed by atoms with E-state index in [0.29, 0.717) is 0 Å². The van der Waals surface area contributed by atoms with Gasteiger partial charge < -0.3 is 14.2 Å². The number of nitrogens with zero attached hydrogens (tertiary/aromatic N) is 2. The van der Waals surface area contributed by atoms with E-state index in [1.165, 1.54) is 86.8 Å². The molecule has 3 nitrogen and oxygen atoms in total. The number of hydrogen-bond acceptors (Lipinski definition) is 3. The van der Waals surface area contributed by atoms with Gasteiger partial charge in [0.25, 0.3) is 6.71 Å². The van der Waals surface area contributed by atoms with E-state index in [4.69, 9.17) is 4.42 Å². The molecule has 4 heterocycles. The summed E-state index contributed by atoms with van der Waals surface area (Å²) in [7, 11) is 0. The molecule has 3 aliphatic heterocycles. The van der Waals surface area contributed by atoms with Crippen LogP contribution in [0.25, 0.3) is 21.9 Å². The maximum Gasteiger partial charge on any atom is 0.252 e. The quantitative estimate of drug-likeness (QED) is 0.196. The van der Waals surface area contributed by atoms with Gasteiger partial charge in [0.2, 0.25) is 0 Å². The second kappa shape index (κ2) is 7.69. The average Bonchev–Trinajstić information content (AvgIpc) is 3.51. The topological polar surface area (TPSA) is 19.6 Å². The van der Waals surface area contributed by atoms with Gasteiger partial charge in [-0.15, -0.1) is 0 Å². The highest BCUT2D eigenvalue weighted by Crippen LogP contribution is 2.64. The Morgan fingerprint density at radius 2 is 1.36 bits per heavy atom. The maximum absolute atomic E-state index is 7.04. The first-order valence-electron chi connectivity index (χ1n) is 15.5. The Bertz CT molecular complexity index is 2120. The molecular formula is C38H31BN2O. The minimum atomic E-state index is -0.0375. The minimum absolute atomic E-state index is 0.0295. The number of rotatable bonds is 1.